The van der Waals surface area contributed by atoms with Crippen LogP contribution in [-0.4, -0.2) is 62.0 Å². The highest BCUT2D eigenvalue weighted by Crippen LogP contribution is 2.37. The molecule has 13 heteroatoms. The second-order valence-electron chi connectivity index (χ2n) is 10.6. The van der Waals surface area contributed by atoms with Gasteiger partial charge in [-0.3, -0.25) is 29.4 Å². The summed E-state index contributed by atoms with van der Waals surface area (Å²) in [7, 11) is 0. The summed E-state index contributed by atoms with van der Waals surface area (Å²) in [5, 5.41) is 24.1. The van der Waals surface area contributed by atoms with Crippen molar-refractivity contribution in [2.45, 2.75) is 45.6 Å². The van der Waals surface area contributed by atoms with Crippen LogP contribution in [0.1, 0.15) is 60.7 Å². The first-order valence-electron chi connectivity index (χ1n) is 14.0. The molecule has 2 heterocycles. The van der Waals surface area contributed by atoms with E-state index in [1.807, 2.05) is 26.0 Å². The monoisotopic (exact) mass is 601 g/mol. The van der Waals surface area contributed by atoms with E-state index in [-0.39, 0.29) is 23.4 Å². The van der Waals surface area contributed by atoms with Gasteiger partial charge in [0.1, 0.15) is 0 Å². The van der Waals surface area contributed by atoms with Gasteiger partial charge in [-0.25, -0.2) is 0 Å². The molecule has 1 aliphatic heterocycles. The molecule has 1 atom stereocenters. The summed E-state index contributed by atoms with van der Waals surface area (Å²) in [6, 6.07) is 11.3. The number of amides is 3. The van der Waals surface area contributed by atoms with Gasteiger partial charge in [0.05, 0.1) is 32.8 Å². The molecule has 0 spiro atoms. The molecule has 222 valence electrons. The number of hydrogen-bond donors (Lipinski definition) is 1. The van der Waals surface area contributed by atoms with Gasteiger partial charge in [0.2, 0.25) is 5.91 Å². The van der Waals surface area contributed by atoms with Crippen molar-refractivity contribution in [3.63, 3.8) is 0 Å². The van der Waals surface area contributed by atoms with Gasteiger partial charge in [-0.15, -0.1) is 5.11 Å². The van der Waals surface area contributed by atoms with Crippen LogP contribution >= 0.6 is 11.5 Å². The molecule has 43 heavy (non-hydrogen) atoms. The molecule has 1 unspecified atom stereocenters. The highest BCUT2D eigenvalue weighted by atomic mass is 32.1. The number of carbonyl (C=O) groups excluding carboxylic acids is 3. The fraction of sp³-hybridized carbons (Fsp3) is 0.333. The van der Waals surface area contributed by atoms with E-state index in [4.69, 9.17) is 0 Å². The fourth-order valence-corrected chi connectivity index (χ4v) is 6.13. The lowest BCUT2D eigenvalue weighted by atomic mass is 9.87. The summed E-state index contributed by atoms with van der Waals surface area (Å²) < 4.78 is 4.31. The van der Waals surface area contributed by atoms with Crippen LogP contribution in [0.25, 0.3) is 10.9 Å². The smallest absolute Gasteiger partial charge is 0.270 e. The molecular weight excluding hydrogens is 570 g/mol. The van der Waals surface area contributed by atoms with E-state index in [1.165, 1.54) is 24.0 Å². The maximum atomic E-state index is 12.7. The molecule has 5 rings (SSSR count). The fourth-order valence-electron chi connectivity index (χ4n) is 5.45. The van der Waals surface area contributed by atoms with Crippen molar-refractivity contribution in [3.05, 3.63) is 87.3 Å². The first kappa shape index (κ1) is 29.7. The molecule has 2 aliphatic rings. The molecule has 1 N–H and O–H groups in total. The topological polar surface area (TPSA) is 150 Å². The van der Waals surface area contributed by atoms with Crippen molar-refractivity contribution in [2.24, 2.45) is 10.2 Å². The van der Waals surface area contributed by atoms with E-state index in [9.17, 15) is 24.5 Å². The van der Waals surface area contributed by atoms with E-state index in [0.717, 1.165) is 30.2 Å². The van der Waals surface area contributed by atoms with Crippen LogP contribution in [0.3, 0.4) is 0 Å². The summed E-state index contributed by atoms with van der Waals surface area (Å²) >= 11 is 1.10. The number of benzene rings is 2. The minimum atomic E-state index is -0.848. The van der Waals surface area contributed by atoms with Crippen molar-refractivity contribution in [1.82, 2.24) is 19.5 Å². The molecular formula is C30H31N7O5S. The number of non-ortho nitro benzene ring substituents is 1. The Balaban J connectivity index is 1.28. The Bertz CT molecular complexity index is 1680. The van der Waals surface area contributed by atoms with Gasteiger partial charge in [-0.2, -0.15) is 9.49 Å². The van der Waals surface area contributed by atoms with Crippen LogP contribution in [0, 0.1) is 10.1 Å². The Morgan fingerprint density at radius 3 is 2.51 bits per heavy atom. The molecule has 1 aliphatic carbocycles. The number of fused-ring (bicyclic) bond motifs is 2. The number of carbonyl (C=O) groups is 3. The second-order valence-corrected chi connectivity index (χ2v) is 11.4. The minimum absolute atomic E-state index is 0.0555. The minimum Gasteiger partial charge on any atom is -0.375 e. The lowest BCUT2D eigenvalue weighted by molar-refractivity contribution is -0.384. The number of unbranched alkanes of at least 4 members (excludes halogenated alkanes) is 1. The number of imide groups is 1. The highest BCUT2D eigenvalue weighted by Gasteiger charge is 2.36. The standard InChI is InChI=1S/C30H31N7O5S/c1-4-35(15-7-8-16-36-28(39)22-9-5-6-10-23(22)29(36)40)21-12-14-26(30(3,18-21)31-19(2)38)32-33-27-24-17-20(37(41)42)11-13-25(24)34-43-27/h5-6,9-14,17H,4,7-8,15-16,18H2,1-3H3,(H,31,38)/b33-32+. The Kier molecular flexibility index (Phi) is 8.44. The van der Waals surface area contributed by atoms with Crippen molar-refractivity contribution in [1.29, 1.82) is 0 Å². The third-order valence-corrected chi connectivity index (χ3v) is 8.37. The number of allylic oxidation sites excluding steroid dienone is 2. The maximum absolute atomic E-state index is 12.7. The van der Waals surface area contributed by atoms with E-state index in [2.05, 4.69) is 24.8 Å². The number of hydrogen-bond acceptors (Lipinski definition) is 10. The largest absolute Gasteiger partial charge is 0.375 e. The molecule has 0 bridgehead atoms. The predicted molar refractivity (Wildman–Crippen MR) is 162 cm³/mol. The normalized spacial score (nSPS) is 18.2. The number of nitro groups is 1. The van der Waals surface area contributed by atoms with Crippen LogP contribution < -0.4 is 5.32 Å². The van der Waals surface area contributed by atoms with Gasteiger partial charge in [0.15, 0.2) is 5.00 Å². The molecule has 0 saturated heterocycles. The molecule has 2 aromatic carbocycles. The number of nitro benzene ring substituents is 1. The first-order chi connectivity index (χ1) is 20.6. The molecule has 3 amide bonds. The molecule has 3 aromatic rings. The maximum Gasteiger partial charge on any atom is 0.270 e. The Labute approximate surface area is 252 Å². The van der Waals surface area contributed by atoms with Gasteiger partial charge in [0, 0.05) is 56.2 Å². The van der Waals surface area contributed by atoms with Crippen LogP contribution in [0.2, 0.25) is 0 Å². The molecule has 12 nitrogen and oxygen atoms in total. The van der Waals surface area contributed by atoms with Gasteiger partial charge in [-0.05, 0) is 68.6 Å². The third-order valence-electron chi connectivity index (χ3n) is 7.61. The molecule has 1 aromatic heterocycles. The lowest BCUT2D eigenvalue weighted by Gasteiger charge is -2.37. The third kappa shape index (κ3) is 6.07. The summed E-state index contributed by atoms with van der Waals surface area (Å²) in [4.78, 5) is 51.8. The first-order valence-corrected chi connectivity index (χ1v) is 14.7. The SMILES string of the molecule is CCN(CCCCN1C(=O)c2ccccc2C1=O)C1=CC=C(/N=N/c2snc3ccc([N+](=O)[O-])cc23)C(C)(NC(C)=O)C1. The van der Waals surface area contributed by atoms with Crippen LogP contribution in [0.4, 0.5) is 10.7 Å². The number of rotatable bonds is 11. The quantitative estimate of drug-likeness (QED) is 0.0966. The second kappa shape index (κ2) is 12.2. The number of nitrogens with zero attached hydrogens (tertiary/aromatic N) is 6. The van der Waals surface area contributed by atoms with Crippen molar-refractivity contribution >= 4 is 50.8 Å². The summed E-state index contributed by atoms with van der Waals surface area (Å²) in [5.74, 6) is -0.705. The average Bonchev–Trinajstić information content (AvgIpc) is 3.49. The van der Waals surface area contributed by atoms with Crippen LogP contribution in [0.15, 0.2) is 76.2 Å². The zero-order chi connectivity index (χ0) is 30.7. The van der Waals surface area contributed by atoms with Gasteiger partial charge >= 0.3 is 0 Å². The summed E-state index contributed by atoms with van der Waals surface area (Å²) in [6.07, 6.45) is 5.68. The number of aromatic nitrogens is 1. The highest BCUT2D eigenvalue weighted by molar-refractivity contribution is 7.11. The Morgan fingerprint density at radius 1 is 1.14 bits per heavy atom. The average molecular weight is 602 g/mol. The van der Waals surface area contributed by atoms with Crippen LogP contribution in [-0.2, 0) is 4.79 Å². The van der Waals surface area contributed by atoms with E-state index < -0.39 is 10.5 Å². The van der Waals surface area contributed by atoms with E-state index >= 15 is 0 Å². The molecule has 0 saturated carbocycles. The summed E-state index contributed by atoms with van der Waals surface area (Å²) in [5.41, 5.74) is 2.15. The predicted octanol–water partition coefficient (Wildman–Crippen LogP) is 5.75. The zero-order valence-electron chi connectivity index (χ0n) is 24.1. The Hall–Kier alpha value is -4.78. The van der Waals surface area contributed by atoms with Crippen molar-refractivity contribution < 1.29 is 19.3 Å². The molecule has 0 fully saturated rings. The van der Waals surface area contributed by atoms with Crippen LogP contribution in [0.5, 0.6) is 0 Å². The van der Waals surface area contributed by atoms with E-state index in [0.29, 0.717) is 58.7 Å². The number of azo groups is 1. The number of nitrogens with one attached hydrogen (secondary N) is 1. The van der Waals surface area contributed by atoms with Crippen molar-refractivity contribution in [3.8, 4) is 0 Å². The lowest BCUT2D eigenvalue weighted by Crippen LogP contribution is -2.48. The summed E-state index contributed by atoms with van der Waals surface area (Å²) in [6.45, 7) is 7.17. The van der Waals surface area contributed by atoms with Gasteiger partial charge < -0.3 is 10.2 Å². The Morgan fingerprint density at radius 2 is 1.86 bits per heavy atom. The van der Waals surface area contributed by atoms with Gasteiger partial charge in [0.25, 0.3) is 17.5 Å². The zero-order valence-corrected chi connectivity index (χ0v) is 24.9. The molecule has 0 radical (unpaired) electrons. The van der Waals surface area contributed by atoms with Gasteiger partial charge in [-0.1, -0.05) is 12.1 Å². The van der Waals surface area contributed by atoms with E-state index in [1.54, 1.807) is 30.3 Å². The van der Waals surface area contributed by atoms with Crippen molar-refractivity contribution in [2.75, 3.05) is 19.6 Å².